The standard InChI is InChI=1S/C25H20N2O5/c1-30-19-13-12-16(14-20(19)31-2)22-25(17-10-6-7-11-18(17)26-24(25)29)23(32-27-22)21(28)15-8-4-3-5-9-15/h3-14,23H,1-2H3,(H,26,29). The van der Waals surface area contributed by atoms with Crippen molar-refractivity contribution in [2.75, 3.05) is 19.5 Å². The number of nitrogens with one attached hydrogen (secondary N) is 1. The fourth-order valence-electron chi connectivity index (χ4n) is 4.42. The number of rotatable bonds is 5. The molecule has 0 bridgehead atoms. The number of anilines is 1. The molecule has 0 radical (unpaired) electrons. The van der Waals surface area contributed by atoms with Gasteiger partial charge in [0.1, 0.15) is 5.71 Å². The third-order valence-corrected chi connectivity index (χ3v) is 5.93. The van der Waals surface area contributed by atoms with Crippen molar-refractivity contribution in [3.05, 3.63) is 89.5 Å². The third kappa shape index (κ3) is 2.71. The van der Waals surface area contributed by atoms with Crippen molar-refractivity contribution in [3.63, 3.8) is 0 Å². The molecule has 5 rings (SSSR count). The minimum Gasteiger partial charge on any atom is -0.493 e. The van der Waals surface area contributed by atoms with E-state index in [4.69, 9.17) is 14.3 Å². The summed E-state index contributed by atoms with van der Waals surface area (Å²) in [6, 6.07) is 21.3. The van der Waals surface area contributed by atoms with Gasteiger partial charge in [0.15, 0.2) is 16.9 Å². The first-order valence-corrected chi connectivity index (χ1v) is 10.1. The Bertz CT molecular complexity index is 1250. The number of hydrogen-bond donors (Lipinski definition) is 1. The summed E-state index contributed by atoms with van der Waals surface area (Å²) in [5.41, 5.74) is 1.21. The van der Waals surface area contributed by atoms with Gasteiger partial charge in [-0.25, -0.2) is 0 Å². The molecule has 2 unspecified atom stereocenters. The zero-order valence-electron chi connectivity index (χ0n) is 17.5. The van der Waals surface area contributed by atoms with Gasteiger partial charge >= 0.3 is 0 Å². The van der Waals surface area contributed by atoms with E-state index in [1.807, 2.05) is 24.3 Å². The first kappa shape index (κ1) is 19.8. The monoisotopic (exact) mass is 428 g/mol. The first-order valence-electron chi connectivity index (χ1n) is 10.1. The van der Waals surface area contributed by atoms with Gasteiger partial charge in [0.05, 0.1) is 14.2 Å². The molecule has 2 aliphatic rings. The number of nitrogens with zero attached hydrogens (tertiary/aromatic N) is 1. The SMILES string of the molecule is COc1ccc(C2=NOC(C(=O)c3ccccc3)C23C(=O)Nc2ccccc23)cc1OC. The lowest BCUT2D eigenvalue weighted by Gasteiger charge is -2.27. The van der Waals surface area contributed by atoms with Crippen LogP contribution in [0.4, 0.5) is 5.69 Å². The summed E-state index contributed by atoms with van der Waals surface area (Å²) in [5.74, 6) is 0.334. The van der Waals surface area contributed by atoms with Crippen LogP contribution < -0.4 is 14.8 Å². The molecule has 7 heteroatoms. The van der Waals surface area contributed by atoms with Crippen molar-refractivity contribution in [3.8, 4) is 11.5 Å². The van der Waals surface area contributed by atoms with Crippen molar-refractivity contribution >= 4 is 23.1 Å². The van der Waals surface area contributed by atoms with Crippen LogP contribution in [0.1, 0.15) is 21.5 Å². The van der Waals surface area contributed by atoms with Crippen LogP contribution in [0, 0.1) is 0 Å². The van der Waals surface area contributed by atoms with Crippen LogP contribution in [-0.2, 0) is 15.0 Å². The Morgan fingerprint density at radius 1 is 0.969 bits per heavy atom. The number of amides is 1. The maximum Gasteiger partial charge on any atom is 0.245 e. The lowest BCUT2D eigenvalue weighted by molar-refractivity contribution is -0.120. The number of fused-ring (bicyclic) bond motifs is 2. The smallest absolute Gasteiger partial charge is 0.245 e. The lowest BCUT2D eigenvalue weighted by atomic mass is 9.69. The fourth-order valence-corrected chi connectivity index (χ4v) is 4.42. The zero-order chi connectivity index (χ0) is 22.3. The number of hydrogen-bond acceptors (Lipinski definition) is 6. The van der Waals surface area contributed by atoms with Crippen LogP contribution in [0.5, 0.6) is 11.5 Å². The summed E-state index contributed by atoms with van der Waals surface area (Å²) in [5, 5.41) is 7.20. The lowest BCUT2D eigenvalue weighted by Crippen LogP contribution is -2.52. The van der Waals surface area contributed by atoms with Gasteiger partial charge in [-0.05, 0) is 24.3 Å². The highest BCUT2D eigenvalue weighted by atomic mass is 16.6. The van der Waals surface area contributed by atoms with Gasteiger partial charge in [-0.3, -0.25) is 9.59 Å². The summed E-state index contributed by atoms with van der Waals surface area (Å²) >= 11 is 0. The summed E-state index contributed by atoms with van der Waals surface area (Å²) in [6.07, 6.45) is -1.16. The Morgan fingerprint density at radius 3 is 2.44 bits per heavy atom. The maximum absolute atomic E-state index is 13.6. The molecule has 0 aliphatic carbocycles. The zero-order valence-corrected chi connectivity index (χ0v) is 17.5. The van der Waals surface area contributed by atoms with Crippen LogP contribution in [0.2, 0.25) is 0 Å². The van der Waals surface area contributed by atoms with Gasteiger partial charge in [0, 0.05) is 22.4 Å². The molecule has 3 aromatic rings. The molecule has 2 atom stereocenters. The van der Waals surface area contributed by atoms with Crippen LogP contribution in [-0.4, -0.2) is 37.7 Å². The van der Waals surface area contributed by atoms with Crippen molar-refractivity contribution in [2.24, 2.45) is 5.16 Å². The molecule has 7 nitrogen and oxygen atoms in total. The van der Waals surface area contributed by atoms with E-state index in [0.717, 1.165) is 0 Å². The first-order chi connectivity index (χ1) is 15.6. The van der Waals surface area contributed by atoms with Crippen LogP contribution in [0.15, 0.2) is 78.0 Å². The average molecular weight is 428 g/mol. The normalized spacial score (nSPS) is 20.9. The number of methoxy groups -OCH3 is 2. The van der Waals surface area contributed by atoms with E-state index < -0.39 is 11.5 Å². The number of carbonyl (C=O) groups is 2. The molecule has 0 fully saturated rings. The van der Waals surface area contributed by atoms with E-state index in [9.17, 15) is 9.59 Å². The molecule has 32 heavy (non-hydrogen) atoms. The summed E-state index contributed by atoms with van der Waals surface area (Å²) in [6.45, 7) is 0. The van der Waals surface area contributed by atoms with Crippen molar-refractivity contribution in [1.82, 2.24) is 0 Å². The number of Topliss-reactive ketones (excluding diaryl/α,β-unsaturated/α-hetero) is 1. The summed E-state index contributed by atoms with van der Waals surface area (Å²) in [7, 11) is 3.08. The van der Waals surface area contributed by atoms with E-state index in [0.29, 0.717) is 39.6 Å². The Kier molecular flexibility index (Phi) is 4.66. The number of carbonyl (C=O) groups excluding carboxylic acids is 2. The second-order valence-electron chi connectivity index (χ2n) is 7.53. The quantitative estimate of drug-likeness (QED) is 0.628. The molecule has 0 saturated heterocycles. The van der Waals surface area contributed by atoms with Gasteiger partial charge in [-0.15, -0.1) is 0 Å². The van der Waals surface area contributed by atoms with Crippen LogP contribution in [0.3, 0.4) is 0 Å². The van der Waals surface area contributed by atoms with Crippen molar-refractivity contribution in [2.45, 2.75) is 11.5 Å². The maximum atomic E-state index is 13.6. The van der Waals surface area contributed by atoms with Crippen LogP contribution in [0.25, 0.3) is 0 Å². The molecular formula is C25H20N2O5. The molecule has 1 N–H and O–H groups in total. The highest BCUT2D eigenvalue weighted by molar-refractivity contribution is 6.31. The molecule has 1 spiro atoms. The van der Waals surface area contributed by atoms with Gasteiger partial charge < -0.3 is 19.6 Å². The van der Waals surface area contributed by atoms with E-state index in [-0.39, 0.29) is 11.7 Å². The van der Waals surface area contributed by atoms with E-state index in [1.165, 1.54) is 7.11 Å². The van der Waals surface area contributed by atoms with Gasteiger partial charge in [0.25, 0.3) is 0 Å². The minimum atomic E-state index is -1.44. The Balaban J connectivity index is 1.71. The number of oxime groups is 1. The topological polar surface area (TPSA) is 86.2 Å². The summed E-state index contributed by atoms with van der Waals surface area (Å²) in [4.78, 5) is 32.9. The number of ketones is 1. The molecule has 2 aliphatic heterocycles. The third-order valence-electron chi connectivity index (χ3n) is 5.93. The van der Waals surface area contributed by atoms with Crippen molar-refractivity contribution < 1.29 is 23.9 Å². The Morgan fingerprint density at radius 2 is 1.69 bits per heavy atom. The predicted molar refractivity (Wildman–Crippen MR) is 118 cm³/mol. The second-order valence-corrected chi connectivity index (χ2v) is 7.53. The molecular weight excluding hydrogens is 408 g/mol. The molecule has 0 saturated carbocycles. The molecule has 160 valence electrons. The number of para-hydroxylation sites is 1. The highest BCUT2D eigenvalue weighted by Crippen LogP contribution is 2.48. The molecule has 0 aromatic heterocycles. The van der Waals surface area contributed by atoms with E-state index >= 15 is 0 Å². The average Bonchev–Trinajstić information content (AvgIpc) is 3.38. The molecule has 2 heterocycles. The van der Waals surface area contributed by atoms with E-state index in [2.05, 4.69) is 10.5 Å². The number of benzene rings is 3. The van der Waals surface area contributed by atoms with Gasteiger partial charge in [-0.2, -0.15) is 0 Å². The summed E-state index contributed by atoms with van der Waals surface area (Å²) < 4.78 is 10.8. The van der Waals surface area contributed by atoms with Gasteiger partial charge in [0.2, 0.25) is 17.8 Å². The van der Waals surface area contributed by atoms with E-state index in [1.54, 1.807) is 55.6 Å². The Hall–Kier alpha value is -4.13. The minimum absolute atomic E-state index is 0.323. The Labute approximate surface area is 184 Å². The number of ether oxygens (including phenoxy) is 2. The predicted octanol–water partition coefficient (Wildman–Crippen LogP) is 3.58. The second kappa shape index (κ2) is 7.53. The van der Waals surface area contributed by atoms with Crippen molar-refractivity contribution in [1.29, 1.82) is 0 Å². The molecule has 1 amide bonds. The van der Waals surface area contributed by atoms with Crippen LogP contribution >= 0.6 is 0 Å². The molecule has 3 aromatic carbocycles. The fraction of sp³-hybridized carbons (Fsp3) is 0.160. The van der Waals surface area contributed by atoms with Gasteiger partial charge in [-0.1, -0.05) is 53.7 Å². The largest absolute Gasteiger partial charge is 0.493 e. The highest BCUT2D eigenvalue weighted by Gasteiger charge is 2.64.